The second-order valence-electron chi connectivity index (χ2n) is 6.00. The van der Waals surface area contributed by atoms with E-state index in [0.717, 1.165) is 20.9 Å². The fourth-order valence-electron chi connectivity index (χ4n) is 2.41. The van der Waals surface area contributed by atoms with Gasteiger partial charge in [0, 0.05) is 36.0 Å². The Labute approximate surface area is 164 Å². The third kappa shape index (κ3) is 4.17. The monoisotopic (exact) mass is 428 g/mol. The number of amides is 1. The highest BCUT2D eigenvalue weighted by atomic mass is 79.9. The van der Waals surface area contributed by atoms with Crippen LogP contribution in [0.25, 0.3) is 5.69 Å². The Morgan fingerprint density at radius 2 is 1.74 bits per heavy atom. The summed E-state index contributed by atoms with van der Waals surface area (Å²) in [4.78, 5) is 26.6. The molecule has 0 saturated heterocycles. The van der Waals surface area contributed by atoms with Gasteiger partial charge in [0.25, 0.3) is 11.5 Å². The number of carbonyl (C=O) groups excluding carboxylic acids is 1. The number of benzene rings is 2. The van der Waals surface area contributed by atoms with Gasteiger partial charge in [-0.25, -0.2) is 0 Å². The van der Waals surface area contributed by atoms with E-state index in [2.05, 4.69) is 26.3 Å². The molecule has 1 amide bonds. The maximum Gasteiger partial charge on any atom is 0.279 e. The largest absolute Gasteiger partial charge is 0.505 e. The van der Waals surface area contributed by atoms with Crippen LogP contribution in [0.15, 0.2) is 63.9 Å². The van der Waals surface area contributed by atoms with Gasteiger partial charge in [-0.1, -0.05) is 15.9 Å². The first-order chi connectivity index (χ1) is 12.8. The van der Waals surface area contributed by atoms with Gasteiger partial charge >= 0.3 is 0 Å². The van der Waals surface area contributed by atoms with Crippen molar-refractivity contribution in [1.82, 2.24) is 9.78 Å². The van der Waals surface area contributed by atoms with Crippen LogP contribution in [-0.2, 0) is 0 Å². The van der Waals surface area contributed by atoms with Gasteiger partial charge in [-0.15, -0.1) is 0 Å². The summed E-state index contributed by atoms with van der Waals surface area (Å²) in [6.45, 7) is 0. The molecule has 0 aliphatic carbocycles. The molecule has 0 radical (unpaired) electrons. The minimum absolute atomic E-state index is 0.241. The lowest BCUT2D eigenvalue weighted by Crippen LogP contribution is -2.25. The fraction of sp³-hybridized carbons (Fsp3) is 0.105. The molecule has 1 heterocycles. The van der Waals surface area contributed by atoms with Crippen LogP contribution in [-0.4, -0.2) is 34.9 Å². The summed E-state index contributed by atoms with van der Waals surface area (Å²) in [5.74, 6) is -1.09. The van der Waals surface area contributed by atoms with Crippen molar-refractivity contribution in [3.63, 3.8) is 0 Å². The first-order valence-corrected chi connectivity index (χ1v) is 8.82. The van der Waals surface area contributed by atoms with E-state index < -0.39 is 17.2 Å². The molecule has 0 fully saturated rings. The maximum atomic E-state index is 12.5. The van der Waals surface area contributed by atoms with Crippen LogP contribution in [0.2, 0.25) is 0 Å². The lowest BCUT2D eigenvalue weighted by molar-refractivity contribution is 0.101. The zero-order chi connectivity index (χ0) is 19.6. The molecular formula is C19H17BrN4O3. The van der Waals surface area contributed by atoms with Crippen LogP contribution in [0.4, 0.5) is 11.4 Å². The number of nitrogens with one attached hydrogen (secondary N) is 1. The van der Waals surface area contributed by atoms with Gasteiger partial charge in [0.15, 0.2) is 11.4 Å². The van der Waals surface area contributed by atoms with E-state index in [1.165, 1.54) is 0 Å². The molecule has 2 N–H and O–H groups in total. The molecule has 3 rings (SSSR count). The molecule has 0 spiro atoms. The number of rotatable bonds is 4. The Kier molecular flexibility index (Phi) is 5.27. The van der Waals surface area contributed by atoms with Crippen LogP contribution in [0.5, 0.6) is 5.75 Å². The van der Waals surface area contributed by atoms with Gasteiger partial charge in [0.2, 0.25) is 0 Å². The third-order valence-corrected chi connectivity index (χ3v) is 4.37. The lowest BCUT2D eigenvalue weighted by atomic mass is 10.2. The molecule has 1 aromatic heterocycles. The van der Waals surface area contributed by atoms with Crippen LogP contribution < -0.4 is 15.8 Å². The molecule has 7 nitrogen and oxygen atoms in total. The van der Waals surface area contributed by atoms with Crippen molar-refractivity contribution in [3.05, 3.63) is 75.1 Å². The number of hydrogen-bond acceptors (Lipinski definition) is 5. The van der Waals surface area contributed by atoms with Crippen molar-refractivity contribution in [2.75, 3.05) is 24.3 Å². The maximum absolute atomic E-state index is 12.5. The lowest BCUT2D eigenvalue weighted by Gasteiger charge is -2.13. The number of carbonyl (C=O) groups is 1. The number of nitrogens with zero attached hydrogens (tertiary/aromatic N) is 3. The molecule has 27 heavy (non-hydrogen) atoms. The Bertz CT molecular complexity index is 1030. The van der Waals surface area contributed by atoms with E-state index >= 15 is 0 Å². The van der Waals surface area contributed by atoms with E-state index in [0.29, 0.717) is 11.4 Å². The predicted octanol–water partition coefficient (Wildman–Crippen LogP) is 3.02. The van der Waals surface area contributed by atoms with Crippen molar-refractivity contribution in [2.24, 2.45) is 0 Å². The molecule has 0 saturated carbocycles. The zero-order valence-electron chi connectivity index (χ0n) is 14.7. The van der Waals surface area contributed by atoms with Gasteiger partial charge in [-0.05, 0) is 48.5 Å². The van der Waals surface area contributed by atoms with Gasteiger partial charge in [0.1, 0.15) is 0 Å². The molecular weight excluding hydrogens is 412 g/mol. The first-order valence-electron chi connectivity index (χ1n) is 8.03. The van der Waals surface area contributed by atoms with Crippen molar-refractivity contribution in [2.45, 2.75) is 0 Å². The summed E-state index contributed by atoms with van der Waals surface area (Å²) in [7, 11) is 3.84. The molecule has 0 aliphatic heterocycles. The number of anilines is 2. The Hall–Kier alpha value is -3.13. The van der Waals surface area contributed by atoms with Crippen LogP contribution in [0, 0.1) is 0 Å². The van der Waals surface area contributed by atoms with Crippen LogP contribution >= 0.6 is 15.9 Å². The summed E-state index contributed by atoms with van der Waals surface area (Å²) in [5, 5.41) is 16.7. The second kappa shape index (κ2) is 7.63. The van der Waals surface area contributed by atoms with Gasteiger partial charge in [-0.3, -0.25) is 9.59 Å². The summed E-state index contributed by atoms with van der Waals surface area (Å²) in [5.41, 5.74) is 1.23. The summed E-state index contributed by atoms with van der Waals surface area (Å²) >= 11 is 3.32. The Morgan fingerprint density at radius 1 is 1.11 bits per heavy atom. The van der Waals surface area contributed by atoms with Crippen molar-refractivity contribution >= 4 is 33.2 Å². The van der Waals surface area contributed by atoms with E-state index in [1.807, 2.05) is 31.1 Å². The number of aromatic nitrogens is 2. The van der Waals surface area contributed by atoms with Crippen LogP contribution in [0.3, 0.4) is 0 Å². The summed E-state index contributed by atoms with van der Waals surface area (Å²) in [6, 6.07) is 15.0. The smallest absolute Gasteiger partial charge is 0.279 e. The van der Waals surface area contributed by atoms with Gasteiger partial charge in [0.05, 0.1) is 5.69 Å². The molecule has 138 valence electrons. The van der Waals surface area contributed by atoms with Crippen LogP contribution in [0.1, 0.15) is 10.5 Å². The molecule has 0 unspecified atom stereocenters. The predicted molar refractivity (Wildman–Crippen MR) is 108 cm³/mol. The molecule has 0 aliphatic rings. The Balaban J connectivity index is 1.91. The van der Waals surface area contributed by atoms with E-state index in [1.54, 1.807) is 36.4 Å². The zero-order valence-corrected chi connectivity index (χ0v) is 16.3. The van der Waals surface area contributed by atoms with Gasteiger partial charge < -0.3 is 15.3 Å². The van der Waals surface area contributed by atoms with Crippen molar-refractivity contribution in [1.29, 1.82) is 0 Å². The second-order valence-corrected chi connectivity index (χ2v) is 6.92. The van der Waals surface area contributed by atoms with Crippen molar-refractivity contribution < 1.29 is 9.90 Å². The van der Waals surface area contributed by atoms with Gasteiger partial charge in [-0.2, -0.15) is 9.78 Å². The topological polar surface area (TPSA) is 87.5 Å². The third-order valence-electron chi connectivity index (χ3n) is 3.84. The number of hydrogen-bond donors (Lipinski definition) is 2. The highest BCUT2D eigenvalue weighted by Crippen LogP contribution is 2.19. The van der Waals surface area contributed by atoms with E-state index in [-0.39, 0.29) is 5.69 Å². The molecule has 0 atom stereocenters. The molecule has 0 bridgehead atoms. The minimum atomic E-state index is -0.615. The van der Waals surface area contributed by atoms with Crippen molar-refractivity contribution in [3.8, 4) is 11.4 Å². The summed E-state index contributed by atoms with van der Waals surface area (Å²) in [6.07, 6.45) is 0. The minimum Gasteiger partial charge on any atom is -0.505 e. The average molecular weight is 429 g/mol. The molecule has 2 aromatic carbocycles. The van der Waals surface area contributed by atoms with E-state index in [4.69, 9.17) is 0 Å². The molecule has 3 aromatic rings. The Morgan fingerprint density at radius 3 is 2.33 bits per heavy atom. The standard InChI is InChI=1S/C19H17BrN4O3/c1-23(2)14-9-5-13(6-10-14)21-19(27)18-16(25)11-17(26)24(22-18)15-7-3-12(20)4-8-15/h3-11,25H,1-2H3,(H,21,27). The quantitative estimate of drug-likeness (QED) is 0.666. The SMILES string of the molecule is CN(C)c1ccc(NC(=O)c2nn(-c3ccc(Br)cc3)c(=O)cc2O)cc1. The average Bonchev–Trinajstić information content (AvgIpc) is 2.63. The fourth-order valence-corrected chi connectivity index (χ4v) is 2.67. The first kappa shape index (κ1) is 18.7. The normalized spacial score (nSPS) is 10.5. The number of aromatic hydroxyl groups is 1. The highest BCUT2D eigenvalue weighted by molar-refractivity contribution is 9.10. The summed E-state index contributed by atoms with van der Waals surface area (Å²) < 4.78 is 1.91. The highest BCUT2D eigenvalue weighted by Gasteiger charge is 2.17. The molecule has 8 heteroatoms. The number of halogens is 1. The van der Waals surface area contributed by atoms with E-state index in [9.17, 15) is 14.7 Å².